The number of aryl methyl sites for hydroxylation is 1. The van der Waals surface area contributed by atoms with Crippen LogP contribution in [-0.2, 0) is 23.0 Å². The number of morpholine rings is 1. The van der Waals surface area contributed by atoms with Crippen LogP contribution in [-0.4, -0.2) is 62.8 Å². The molecule has 27 heavy (non-hydrogen) atoms. The van der Waals surface area contributed by atoms with Crippen LogP contribution in [0.15, 0.2) is 36.8 Å². The fourth-order valence-corrected chi connectivity index (χ4v) is 3.37. The predicted molar refractivity (Wildman–Crippen MR) is 102 cm³/mol. The standard InChI is InChI=1S/C20H23N5O2/c1-14(25-5-7-27-8-6-25)19(26)10-20-21-11-16-4-3-15(9-18(16)23-20)17-12-22-24(2)13-17/h3-4,9,11-14H,5-8,10H2,1-2H3/t14-/m0/s1. The van der Waals surface area contributed by atoms with Gasteiger partial charge < -0.3 is 4.74 Å². The third-order valence-electron chi connectivity index (χ3n) is 5.06. The van der Waals surface area contributed by atoms with E-state index in [-0.39, 0.29) is 18.2 Å². The number of hydrogen-bond acceptors (Lipinski definition) is 6. The minimum absolute atomic E-state index is 0.139. The SMILES string of the molecule is C[C@@H](C(=O)Cc1ncc2ccc(-c3cnn(C)c3)cc2n1)N1CCOCC1. The number of rotatable bonds is 5. The van der Waals surface area contributed by atoms with E-state index in [2.05, 4.69) is 20.0 Å². The van der Waals surface area contributed by atoms with Gasteiger partial charge in [0.15, 0.2) is 5.78 Å². The molecule has 0 aliphatic carbocycles. The Labute approximate surface area is 158 Å². The lowest BCUT2D eigenvalue weighted by Crippen LogP contribution is -2.46. The number of carbonyl (C=O) groups is 1. The summed E-state index contributed by atoms with van der Waals surface area (Å²) in [6, 6.07) is 5.91. The van der Waals surface area contributed by atoms with Gasteiger partial charge in [-0.05, 0) is 18.6 Å². The highest BCUT2D eigenvalue weighted by Gasteiger charge is 2.23. The first-order valence-corrected chi connectivity index (χ1v) is 9.19. The number of fused-ring (bicyclic) bond motifs is 1. The van der Waals surface area contributed by atoms with Crippen LogP contribution in [0.25, 0.3) is 22.0 Å². The molecule has 140 valence electrons. The second-order valence-corrected chi connectivity index (χ2v) is 6.93. The molecule has 0 amide bonds. The van der Waals surface area contributed by atoms with E-state index in [1.165, 1.54) is 0 Å². The van der Waals surface area contributed by atoms with Gasteiger partial charge in [0.05, 0.1) is 37.4 Å². The molecule has 4 rings (SSSR count). The molecule has 1 atom stereocenters. The van der Waals surface area contributed by atoms with Crippen molar-refractivity contribution < 1.29 is 9.53 Å². The van der Waals surface area contributed by atoms with E-state index in [4.69, 9.17) is 4.74 Å². The van der Waals surface area contributed by atoms with Gasteiger partial charge in [-0.25, -0.2) is 9.97 Å². The first-order chi connectivity index (χ1) is 13.1. The van der Waals surface area contributed by atoms with Crippen LogP contribution in [0.3, 0.4) is 0 Å². The molecule has 7 nitrogen and oxygen atoms in total. The number of benzene rings is 1. The topological polar surface area (TPSA) is 73.1 Å². The van der Waals surface area contributed by atoms with Crippen LogP contribution in [0.2, 0.25) is 0 Å². The fraction of sp³-hybridized carbons (Fsp3) is 0.400. The maximum atomic E-state index is 12.7. The summed E-state index contributed by atoms with van der Waals surface area (Å²) in [6.07, 6.45) is 5.83. The minimum atomic E-state index is -0.144. The van der Waals surface area contributed by atoms with Crippen LogP contribution in [0.5, 0.6) is 0 Å². The first kappa shape index (κ1) is 17.8. The number of nitrogens with zero attached hydrogens (tertiary/aromatic N) is 5. The average molecular weight is 365 g/mol. The Morgan fingerprint density at radius 3 is 2.78 bits per heavy atom. The van der Waals surface area contributed by atoms with Gasteiger partial charge in [-0.3, -0.25) is 14.4 Å². The summed E-state index contributed by atoms with van der Waals surface area (Å²) < 4.78 is 7.14. The number of ether oxygens (including phenoxy) is 1. The van der Waals surface area contributed by atoms with Crippen molar-refractivity contribution in [3.05, 3.63) is 42.6 Å². The molecule has 1 aliphatic heterocycles. The van der Waals surface area contributed by atoms with Gasteiger partial charge in [0, 0.05) is 43.5 Å². The molecule has 2 aromatic heterocycles. The van der Waals surface area contributed by atoms with Crippen LogP contribution in [0.4, 0.5) is 0 Å². The molecular formula is C20H23N5O2. The van der Waals surface area contributed by atoms with Crippen LogP contribution < -0.4 is 0 Å². The Morgan fingerprint density at radius 2 is 2.04 bits per heavy atom. The van der Waals surface area contributed by atoms with Gasteiger partial charge in [0.25, 0.3) is 0 Å². The third kappa shape index (κ3) is 3.89. The highest BCUT2D eigenvalue weighted by molar-refractivity contribution is 5.86. The van der Waals surface area contributed by atoms with Gasteiger partial charge in [0.1, 0.15) is 5.82 Å². The van der Waals surface area contributed by atoms with Crippen molar-refractivity contribution in [3.8, 4) is 11.1 Å². The quantitative estimate of drug-likeness (QED) is 0.687. The maximum Gasteiger partial charge on any atom is 0.157 e. The fourth-order valence-electron chi connectivity index (χ4n) is 3.37. The molecule has 0 N–H and O–H groups in total. The van der Waals surface area contributed by atoms with E-state index in [1.807, 2.05) is 44.6 Å². The van der Waals surface area contributed by atoms with Crippen molar-refractivity contribution >= 4 is 16.7 Å². The van der Waals surface area contributed by atoms with E-state index in [0.29, 0.717) is 19.0 Å². The molecule has 3 heterocycles. The van der Waals surface area contributed by atoms with Crippen molar-refractivity contribution in [2.24, 2.45) is 7.05 Å². The van der Waals surface area contributed by atoms with Gasteiger partial charge in [-0.1, -0.05) is 12.1 Å². The van der Waals surface area contributed by atoms with Gasteiger partial charge in [-0.15, -0.1) is 0 Å². The molecule has 0 radical (unpaired) electrons. The van der Waals surface area contributed by atoms with E-state index < -0.39 is 0 Å². The summed E-state index contributed by atoms with van der Waals surface area (Å²) in [5, 5.41) is 5.18. The van der Waals surface area contributed by atoms with Crippen LogP contribution in [0.1, 0.15) is 12.7 Å². The normalized spacial score (nSPS) is 16.5. The number of carbonyl (C=O) groups excluding carboxylic acids is 1. The average Bonchev–Trinajstić information content (AvgIpc) is 3.14. The number of hydrogen-bond donors (Lipinski definition) is 0. The summed E-state index contributed by atoms with van der Waals surface area (Å²) >= 11 is 0. The summed E-state index contributed by atoms with van der Waals surface area (Å²) in [5.74, 6) is 0.704. The Morgan fingerprint density at radius 1 is 1.22 bits per heavy atom. The van der Waals surface area contributed by atoms with Crippen molar-refractivity contribution in [1.29, 1.82) is 0 Å². The largest absolute Gasteiger partial charge is 0.379 e. The molecule has 0 bridgehead atoms. The Bertz CT molecular complexity index is 962. The zero-order valence-electron chi connectivity index (χ0n) is 15.6. The van der Waals surface area contributed by atoms with Gasteiger partial charge >= 0.3 is 0 Å². The van der Waals surface area contributed by atoms with Crippen molar-refractivity contribution in [3.63, 3.8) is 0 Å². The predicted octanol–water partition coefficient (Wildman–Crippen LogP) is 1.86. The third-order valence-corrected chi connectivity index (χ3v) is 5.06. The molecule has 1 fully saturated rings. The monoisotopic (exact) mass is 365 g/mol. The lowest BCUT2D eigenvalue weighted by atomic mass is 10.1. The Kier molecular flexibility index (Phi) is 4.96. The van der Waals surface area contributed by atoms with Crippen molar-refractivity contribution in [2.75, 3.05) is 26.3 Å². The second kappa shape index (κ2) is 7.54. The molecule has 1 aliphatic rings. The lowest BCUT2D eigenvalue weighted by Gasteiger charge is -2.31. The number of ketones is 1. The van der Waals surface area contributed by atoms with E-state index >= 15 is 0 Å². The molecule has 0 spiro atoms. The number of aromatic nitrogens is 4. The molecule has 1 saturated heterocycles. The molecule has 0 unspecified atom stereocenters. The highest BCUT2D eigenvalue weighted by Crippen LogP contribution is 2.23. The molecule has 1 aromatic carbocycles. The Hall–Kier alpha value is -2.64. The highest BCUT2D eigenvalue weighted by atomic mass is 16.5. The van der Waals surface area contributed by atoms with Gasteiger partial charge in [-0.2, -0.15) is 5.10 Å². The van der Waals surface area contributed by atoms with E-state index in [0.717, 1.165) is 35.1 Å². The molecule has 0 saturated carbocycles. The minimum Gasteiger partial charge on any atom is -0.379 e. The van der Waals surface area contributed by atoms with Gasteiger partial charge in [0.2, 0.25) is 0 Å². The molecule has 7 heteroatoms. The van der Waals surface area contributed by atoms with Crippen molar-refractivity contribution in [2.45, 2.75) is 19.4 Å². The first-order valence-electron chi connectivity index (χ1n) is 9.19. The maximum absolute atomic E-state index is 12.7. The summed E-state index contributed by atoms with van der Waals surface area (Å²) in [6.45, 7) is 4.90. The van der Waals surface area contributed by atoms with Crippen LogP contribution >= 0.6 is 0 Å². The molecule has 3 aromatic rings. The summed E-state index contributed by atoms with van der Waals surface area (Å²) in [7, 11) is 1.89. The van der Waals surface area contributed by atoms with Crippen LogP contribution in [0, 0.1) is 0 Å². The zero-order valence-corrected chi connectivity index (χ0v) is 15.6. The summed E-state index contributed by atoms with van der Waals surface area (Å²) in [4.78, 5) is 23.8. The van der Waals surface area contributed by atoms with E-state index in [1.54, 1.807) is 10.9 Å². The van der Waals surface area contributed by atoms with Crippen molar-refractivity contribution in [1.82, 2.24) is 24.6 Å². The smallest absolute Gasteiger partial charge is 0.157 e. The zero-order chi connectivity index (χ0) is 18.8. The molecular weight excluding hydrogens is 342 g/mol. The number of Topliss-reactive ketones (excluding diaryl/α,β-unsaturated/α-hetero) is 1. The summed E-state index contributed by atoms with van der Waals surface area (Å²) in [5.41, 5.74) is 2.93. The second-order valence-electron chi connectivity index (χ2n) is 6.93. The Balaban J connectivity index is 1.54. The lowest BCUT2D eigenvalue weighted by molar-refractivity contribution is -0.124. The van der Waals surface area contributed by atoms with E-state index in [9.17, 15) is 4.79 Å².